The second-order valence-electron chi connectivity index (χ2n) is 7.20. The molecule has 2 aromatic rings. The van der Waals surface area contributed by atoms with Gasteiger partial charge >= 0.3 is 18.0 Å². The molecular formula is C23H23FN2O5. The maximum atomic E-state index is 13.0. The summed E-state index contributed by atoms with van der Waals surface area (Å²) in [7, 11) is 0. The predicted octanol–water partition coefficient (Wildman–Crippen LogP) is 3.87. The van der Waals surface area contributed by atoms with Crippen LogP contribution in [0.1, 0.15) is 42.7 Å². The van der Waals surface area contributed by atoms with Crippen LogP contribution in [-0.4, -0.2) is 24.6 Å². The van der Waals surface area contributed by atoms with E-state index in [0.717, 1.165) is 0 Å². The summed E-state index contributed by atoms with van der Waals surface area (Å²) in [6, 6.07) is 10.3. The summed E-state index contributed by atoms with van der Waals surface area (Å²) < 4.78 is 23.5. The summed E-state index contributed by atoms with van der Waals surface area (Å²) in [5.41, 5.74) is 1.66. The van der Waals surface area contributed by atoms with Crippen LogP contribution in [0.3, 0.4) is 0 Å². The average molecular weight is 426 g/mol. The Morgan fingerprint density at radius 3 is 2.26 bits per heavy atom. The van der Waals surface area contributed by atoms with E-state index in [9.17, 15) is 18.8 Å². The van der Waals surface area contributed by atoms with Crippen molar-refractivity contribution in [3.8, 4) is 5.75 Å². The quantitative estimate of drug-likeness (QED) is 0.540. The van der Waals surface area contributed by atoms with E-state index < -0.39 is 29.8 Å². The molecule has 0 radical (unpaired) electrons. The van der Waals surface area contributed by atoms with Crippen molar-refractivity contribution in [2.45, 2.75) is 26.8 Å². The minimum atomic E-state index is -0.716. The Morgan fingerprint density at radius 1 is 1.03 bits per heavy atom. The number of hydrogen-bond acceptors (Lipinski definition) is 5. The summed E-state index contributed by atoms with van der Waals surface area (Å²) in [5, 5.41) is 5.44. The second kappa shape index (κ2) is 9.42. The number of carbonyl (C=O) groups excluding carboxylic acids is 3. The standard InChI is InChI=1S/C23H23FN2O5/c1-4-30-22(28)18-19(13(2)3)25-23(29)26-20(18)14-7-11-17(12-8-14)31-21(27)15-5-9-16(24)10-6-15/h5-13,20H,4H2,1-3H3,(H2,25,26,29). The summed E-state index contributed by atoms with van der Waals surface area (Å²) in [6.45, 7) is 5.65. The molecule has 7 nitrogen and oxygen atoms in total. The van der Waals surface area contributed by atoms with Crippen molar-refractivity contribution in [3.63, 3.8) is 0 Å². The molecular weight excluding hydrogens is 403 g/mol. The van der Waals surface area contributed by atoms with Crippen LogP contribution < -0.4 is 15.4 Å². The average Bonchev–Trinajstić information content (AvgIpc) is 2.74. The first-order chi connectivity index (χ1) is 14.8. The Hall–Kier alpha value is -3.68. The largest absolute Gasteiger partial charge is 0.463 e. The number of hydrogen-bond donors (Lipinski definition) is 2. The molecule has 1 aliphatic rings. The third-order valence-electron chi connectivity index (χ3n) is 4.68. The fourth-order valence-corrected chi connectivity index (χ4v) is 3.21. The smallest absolute Gasteiger partial charge is 0.343 e. The molecule has 0 spiro atoms. The summed E-state index contributed by atoms with van der Waals surface area (Å²) in [4.78, 5) is 37.0. The van der Waals surface area contributed by atoms with Crippen LogP contribution in [0.15, 0.2) is 59.8 Å². The number of carbonyl (C=O) groups is 3. The van der Waals surface area contributed by atoms with Crippen LogP contribution in [0.5, 0.6) is 5.75 Å². The highest BCUT2D eigenvalue weighted by Crippen LogP contribution is 2.31. The zero-order chi connectivity index (χ0) is 22.5. The van der Waals surface area contributed by atoms with Gasteiger partial charge in [-0.3, -0.25) is 0 Å². The van der Waals surface area contributed by atoms with E-state index in [2.05, 4.69) is 10.6 Å². The van der Waals surface area contributed by atoms with Crippen LogP contribution in [0.2, 0.25) is 0 Å². The van der Waals surface area contributed by atoms with Crippen molar-refractivity contribution in [2.24, 2.45) is 5.92 Å². The van der Waals surface area contributed by atoms with Crippen LogP contribution in [0.4, 0.5) is 9.18 Å². The van der Waals surface area contributed by atoms with Crippen molar-refractivity contribution >= 4 is 18.0 Å². The Labute approximate surface area is 179 Å². The zero-order valence-corrected chi connectivity index (χ0v) is 17.4. The molecule has 0 saturated heterocycles. The van der Waals surface area contributed by atoms with Crippen molar-refractivity contribution in [2.75, 3.05) is 6.61 Å². The van der Waals surface area contributed by atoms with E-state index >= 15 is 0 Å². The Morgan fingerprint density at radius 2 is 1.68 bits per heavy atom. The molecule has 2 amide bonds. The lowest BCUT2D eigenvalue weighted by atomic mass is 9.91. The molecule has 1 unspecified atom stereocenters. The lowest BCUT2D eigenvalue weighted by molar-refractivity contribution is -0.139. The molecule has 1 aliphatic heterocycles. The predicted molar refractivity (Wildman–Crippen MR) is 111 cm³/mol. The maximum Gasteiger partial charge on any atom is 0.343 e. The number of amides is 2. The molecule has 2 N–H and O–H groups in total. The van der Waals surface area contributed by atoms with Crippen molar-refractivity contribution in [3.05, 3.63) is 76.7 Å². The molecule has 0 aromatic heterocycles. The number of rotatable bonds is 6. The molecule has 1 atom stereocenters. The number of benzene rings is 2. The van der Waals surface area contributed by atoms with Crippen molar-refractivity contribution in [1.82, 2.24) is 10.6 Å². The molecule has 162 valence electrons. The lowest BCUT2D eigenvalue weighted by Gasteiger charge is -2.31. The molecule has 0 bridgehead atoms. The minimum Gasteiger partial charge on any atom is -0.463 e. The third kappa shape index (κ3) is 5.09. The van der Waals surface area contributed by atoms with Crippen LogP contribution in [0.25, 0.3) is 0 Å². The van der Waals surface area contributed by atoms with Gasteiger partial charge in [0.15, 0.2) is 0 Å². The van der Waals surface area contributed by atoms with E-state index in [1.165, 1.54) is 24.3 Å². The number of halogens is 1. The number of nitrogens with one attached hydrogen (secondary N) is 2. The lowest BCUT2D eigenvalue weighted by Crippen LogP contribution is -2.47. The maximum absolute atomic E-state index is 13.0. The summed E-state index contributed by atoms with van der Waals surface area (Å²) in [6.07, 6.45) is 0. The molecule has 0 aliphatic carbocycles. The molecule has 0 saturated carbocycles. The normalized spacial score (nSPS) is 15.9. The van der Waals surface area contributed by atoms with Crippen LogP contribution >= 0.6 is 0 Å². The first-order valence-corrected chi connectivity index (χ1v) is 9.86. The van der Waals surface area contributed by atoms with Gasteiger partial charge in [0.2, 0.25) is 0 Å². The van der Waals surface area contributed by atoms with E-state index in [-0.39, 0.29) is 23.8 Å². The van der Waals surface area contributed by atoms with Gasteiger partial charge in [0.1, 0.15) is 11.6 Å². The first kappa shape index (κ1) is 22.0. The molecule has 3 rings (SSSR count). The van der Waals surface area contributed by atoms with Gasteiger partial charge in [-0.15, -0.1) is 0 Å². The first-order valence-electron chi connectivity index (χ1n) is 9.86. The molecule has 0 fully saturated rings. The Kier molecular flexibility index (Phi) is 6.69. The molecule has 2 aromatic carbocycles. The number of esters is 2. The van der Waals surface area contributed by atoms with E-state index in [1.807, 2.05) is 13.8 Å². The Bertz CT molecular complexity index is 1010. The highest BCUT2D eigenvalue weighted by molar-refractivity contribution is 5.95. The van der Waals surface area contributed by atoms with Crippen molar-refractivity contribution in [1.29, 1.82) is 0 Å². The van der Waals surface area contributed by atoms with E-state index in [0.29, 0.717) is 16.8 Å². The van der Waals surface area contributed by atoms with Crippen LogP contribution in [-0.2, 0) is 9.53 Å². The monoisotopic (exact) mass is 426 g/mol. The second-order valence-corrected chi connectivity index (χ2v) is 7.20. The fourth-order valence-electron chi connectivity index (χ4n) is 3.21. The Balaban J connectivity index is 1.86. The third-order valence-corrected chi connectivity index (χ3v) is 4.68. The molecule has 1 heterocycles. The van der Waals surface area contributed by atoms with Gasteiger partial charge in [-0.05, 0) is 54.8 Å². The van der Waals surface area contributed by atoms with Gasteiger partial charge in [0.25, 0.3) is 0 Å². The number of allylic oxidation sites excluding steroid dienone is 1. The molecule has 31 heavy (non-hydrogen) atoms. The van der Waals surface area contributed by atoms with Crippen LogP contribution in [0, 0.1) is 11.7 Å². The summed E-state index contributed by atoms with van der Waals surface area (Å²) >= 11 is 0. The SMILES string of the molecule is CCOC(=O)C1=C(C(C)C)NC(=O)NC1c1ccc(OC(=O)c2ccc(F)cc2)cc1. The van der Waals surface area contributed by atoms with E-state index in [1.54, 1.807) is 31.2 Å². The highest BCUT2D eigenvalue weighted by atomic mass is 19.1. The highest BCUT2D eigenvalue weighted by Gasteiger charge is 2.34. The minimum absolute atomic E-state index is 0.108. The van der Waals surface area contributed by atoms with E-state index in [4.69, 9.17) is 9.47 Å². The van der Waals surface area contributed by atoms with Gasteiger partial charge in [0.05, 0.1) is 23.8 Å². The van der Waals surface area contributed by atoms with Gasteiger partial charge in [-0.2, -0.15) is 0 Å². The zero-order valence-electron chi connectivity index (χ0n) is 17.4. The van der Waals surface area contributed by atoms with Gasteiger partial charge in [0, 0.05) is 5.70 Å². The fraction of sp³-hybridized carbons (Fsp3) is 0.261. The number of urea groups is 1. The number of ether oxygens (including phenoxy) is 2. The van der Waals surface area contributed by atoms with Gasteiger partial charge < -0.3 is 20.1 Å². The van der Waals surface area contributed by atoms with Crippen molar-refractivity contribution < 1.29 is 28.2 Å². The topological polar surface area (TPSA) is 93.7 Å². The van der Waals surface area contributed by atoms with Gasteiger partial charge in [-0.1, -0.05) is 26.0 Å². The summed E-state index contributed by atoms with van der Waals surface area (Å²) in [5.74, 6) is -1.43. The van der Waals surface area contributed by atoms with Gasteiger partial charge in [-0.25, -0.2) is 18.8 Å². The molecule has 8 heteroatoms.